The van der Waals surface area contributed by atoms with Crippen LogP contribution in [0.15, 0.2) is 52.0 Å². The van der Waals surface area contributed by atoms with Crippen LogP contribution in [0.25, 0.3) is 11.0 Å². The van der Waals surface area contributed by atoms with Crippen LogP contribution in [0.2, 0.25) is 0 Å². The molecule has 6 nitrogen and oxygen atoms in total. The third-order valence-corrected chi connectivity index (χ3v) is 6.37. The molecule has 0 saturated carbocycles. The zero-order chi connectivity index (χ0) is 19.8. The van der Waals surface area contributed by atoms with Crippen LogP contribution in [0.5, 0.6) is 0 Å². The highest BCUT2D eigenvalue weighted by atomic mass is 32.2. The molecule has 0 spiro atoms. The highest BCUT2D eigenvalue weighted by Crippen LogP contribution is 2.25. The van der Waals surface area contributed by atoms with E-state index in [4.69, 9.17) is 4.42 Å². The summed E-state index contributed by atoms with van der Waals surface area (Å²) in [5.41, 5.74) is 4.40. The zero-order valence-corrected chi connectivity index (χ0v) is 16.6. The summed E-state index contributed by atoms with van der Waals surface area (Å²) < 4.78 is 30.9. The molecular formula is C20H22N2O4S. The number of aryl methyl sites for hydroxylation is 2. The Morgan fingerprint density at radius 3 is 2.33 bits per heavy atom. The molecule has 27 heavy (non-hydrogen) atoms. The van der Waals surface area contributed by atoms with E-state index in [-0.39, 0.29) is 17.2 Å². The number of nitrogens with one attached hydrogen (secondary N) is 1. The number of sulfonamides is 1. The van der Waals surface area contributed by atoms with Crippen LogP contribution in [-0.2, 0) is 21.2 Å². The predicted octanol–water partition coefficient (Wildman–Crippen LogP) is 3.48. The predicted molar refractivity (Wildman–Crippen MR) is 105 cm³/mol. The topological polar surface area (TPSA) is 79.6 Å². The molecule has 0 aliphatic heterocycles. The maximum absolute atomic E-state index is 12.4. The number of hydrogen-bond donors (Lipinski definition) is 1. The number of amides is 1. The molecule has 0 atom stereocenters. The van der Waals surface area contributed by atoms with Crippen molar-refractivity contribution >= 4 is 32.6 Å². The van der Waals surface area contributed by atoms with Crippen molar-refractivity contribution in [3.8, 4) is 0 Å². The average molecular weight is 386 g/mol. The fourth-order valence-electron chi connectivity index (χ4n) is 2.77. The molecule has 0 radical (unpaired) electrons. The number of hydrogen-bond acceptors (Lipinski definition) is 4. The molecule has 3 rings (SSSR count). The van der Waals surface area contributed by atoms with E-state index in [1.807, 2.05) is 26.0 Å². The monoisotopic (exact) mass is 386 g/mol. The van der Waals surface area contributed by atoms with Gasteiger partial charge in [-0.05, 0) is 61.4 Å². The van der Waals surface area contributed by atoms with Crippen molar-refractivity contribution < 1.29 is 17.6 Å². The minimum absolute atomic E-state index is 0.174. The lowest BCUT2D eigenvalue weighted by Crippen LogP contribution is -2.22. The molecule has 0 bridgehead atoms. The molecular weight excluding hydrogens is 364 g/mol. The molecule has 2 aromatic carbocycles. The smallest absolute Gasteiger partial charge is 0.242 e. The Morgan fingerprint density at radius 2 is 1.70 bits per heavy atom. The lowest BCUT2D eigenvalue weighted by Gasteiger charge is -2.12. The molecule has 0 fully saturated rings. The SMILES string of the molecule is Cc1cc2occ(CC(=O)Nc3ccc(S(=O)(=O)N(C)C)cc3)c2cc1C. The van der Waals surface area contributed by atoms with E-state index in [0.717, 1.165) is 32.0 Å². The molecule has 0 aliphatic carbocycles. The van der Waals surface area contributed by atoms with Crippen molar-refractivity contribution in [2.45, 2.75) is 25.2 Å². The number of nitrogens with zero attached hydrogens (tertiary/aromatic N) is 1. The Kier molecular flexibility index (Phi) is 5.08. The van der Waals surface area contributed by atoms with Gasteiger partial charge in [-0.25, -0.2) is 12.7 Å². The highest BCUT2D eigenvalue weighted by molar-refractivity contribution is 7.89. The molecule has 0 unspecified atom stereocenters. The second-order valence-corrected chi connectivity index (χ2v) is 8.88. The van der Waals surface area contributed by atoms with Crippen molar-refractivity contribution in [3.05, 3.63) is 59.4 Å². The minimum Gasteiger partial charge on any atom is -0.464 e. The average Bonchev–Trinajstić information content (AvgIpc) is 2.97. The highest BCUT2D eigenvalue weighted by Gasteiger charge is 2.17. The number of anilines is 1. The van der Waals surface area contributed by atoms with Crippen LogP contribution in [0.3, 0.4) is 0 Å². The van der Waals surface area contributed by atoms with Gasteiger partial charge >= 0.3 is 0 Å². The molecule has 1 N–H and O–H groups in total. The number of fused-ring (bicyclic) bond motifs is 1. The first-order valence-corrected chi connectivity index (χ1v) is 9.92. The van der Waals surface area contributed by atoms with Crippen LogP contribution in [-0.4, -0.2) is 32.7 Å². The number of benzene rings is 2. The zero-order valence-electron chi connectivity index (χ0n) is 15.7. The van der Waals surface area contributed by atoms with Crippen molar-refractivity contribution in [1.29, 1.82) is 0 Å². The summed E-state index contributed by atoms with van der Waals surface area (Å²) in [5, 5.41) is 3.72. The standard InChI is InChI=1S/C20H22N2O4S/c1-13-9-18-15(12-26-19(18)10-14(13)2)11-20(23)21-16-5-7-17(8-6-16)27(24,25)22(3)4/h5-10,12H,11H2,1-4H3,(H,21,23). The van der Waals surface area contributed by atoms with E-state index in [1.165, 1.54) is 26.2 Å². The first kappa shape index (κ1) is 19.1. The fraction of sp³-hybridized carbons (Fsp3) is 0.250. The van der Waals surface area contributed by atoms with Gasteiger partial charge in [0.05, 0.1) is 17.6 Å². The van der Waals surface area contributed by atoms with Crippen molar-refractivity contribution in [1.82, 2.24) is 4.31 Å². The summed E-state index contributed by atoms with van der Waals surface area (Å²) in [4.78, 5) is 12.6. The van der Waals surface area contributed by atoms with E-state index >= 15 is 0 Å². The Hall–Kier alpha value is -2.64. The Bertz CT molecular complexity index is 1100. The van der Waals surface area contributed by atoms with Crippen LogP contribution in [0.1, 0.15) is 16.7 Å². The molecule has 1 amide bonds. The molecule has 3 aromatic rings. The number of rotatable bonds is 5. The lowest BCUT2D eigenvalue weighted by atomic mass is 10.0. The third-order valence-electron chi connectivity index (χ3n) is 4.54. The summed E-state index contributed by atoms with van der Waals surface area (Å²) in [6, 6.07) is 10.1. The van der Waals surface area contributed by atoms with Crippen LogP contribution in [0, 0.1) is 13.8 Å². The van der Waals surface area contributed by atoms with Gasteiger partial charge in [0.2, 0.25) is 15.9 Å². The summed E-state index contributed by atoms with van der Waals surface area (Å²) in [5.74, 6) is -0.195. The van der Waals surface area contributed by atoms with Crippen LogP contribution < -0.4 is 5.32 Å². The minimum atomic E-state index is -3.49. The van der Waals surface area contributed by atoms with Gasteiger partial charge in [-0.15, -0.1) is 0 Å². The van der Waals surface area contributed by atoms with Gasteiger partial charge in [-0.2, -0.15) is 0 Å². The molecule has 1 aromatic heterocycles. The second-order valence-electron chi connectivity index (χ2n) is 6.73. The molecule has 7 heteroatoms. The van der Waals surface area contributed by atoms with E-state index in [0.29, 0.717) is 5.69 Å². The lowest BCUT2D eigenvalue weighted by molar-refractivity contribution is -0.115. The van der Waals surface area contributed by atoms with Crippen LogP contribution in [0.4, 0.5) is 5.69 Å². The summed E-state index contributed by atoms with van der Waals surface area (Å²) in [6.45, 7) is 4.04. The fourth-order valence-corrected chi connectivity index (χ4v) is 3.67. The number of carbonyl (C=O) groups excluding carboxylic acids is 1. The van der Waals surface area contributed by atoms with Gasteiger partial charge in [0, 0.05) is 30.7 Å². The molecule has 1 heterocycles. The first-order valence-electron chi connectivity index (χ1n) is 8.48. The van der Waals surface area contributed by atoms with E-state index in [9.17, 15) is 13.2 Å². The van der Waals surface area contributed by atoms with Crippen molar-refractivity contribution in [2.24, 2.45) is 0 Å². The van der Waals surface area contributed by atoms with E-state index in [2.05, 4.69) is 5.32 Å². The number of carbonyl (C=O) groups is 1. The summed E-state index contributed by atoms with van der Waals surface area (Å²) in [7, 11) is -0.536. The normalized spacial score (nSPS) is 11.9. The summed E-state index contributed by atoms with van der Waals surface area (Å²) in [6.07, 6.45) is 1.78. The maximum atomic E-state index is 12.4. The Labute approximate surface area is 158 Å². The van der Waals surface area contributed by atoms with Crippen molar-refractivity contribution in [2.75, 3.05) is 19.4 Å². The van der Waals surface area contributed by atoms with E-state index < -0.39 is 10.0 Å². The Morgan fingerprint density at radius 1 is 1.07 bits per heavy atom. The molecule has 142 valence electrons. The largest absolute Gasteiger partial charge is 0.464 e. The third kappa shape index (κ3) is 3.89. The first-order chi connectivity index (χ1) is 12.7. The van der Waals surface area contributed by atoms with E-state index in [1.54, 1.807) is 18.4 Å². The Balaban J connectivity index is 1.74. The van der Waals surface area contributed by atoms with Gasteiger partial charge in [0.25, 0.3) is 0 Å². The van der Waals surface area contributed by atoms with Crippen LogP contribution >= 0.6 is 0 Å². The quantitative estimate of drug-likeness (QED) is 0.728. The maximum Gasteiger partial charge on any atom is 0.242 e. The molecule has 0 saturated heterocycles. The van der Waals surface area contributed by atoms with Gasteiger partial charge in [0.1, 0.15) is 5.58 Å². The van der Waals surface area contributed by atoms with Gasteiger partial charge in [-0.3, -0.25) is 4.79 Å². The van der Waals surface area contributed by atoms with Gasteiger partial charge < -0.3 is 9.73 Å². The second kappa shape index (κ2) is 7.17. The summed E-state index contributed by atoms with van der Waals surface area (Å²) >= 11 is 0. The molecule has 0 aliphatic rings. The van der Waals surface area contributed by atoms with Gasteiger partial charge in [0.15, 0.2) is 0 Å². The number of furan rings is 1. The van der Waals surface area contributed by atoms with Crippen molar-refractivity contribution in [3.63, 3.8) is 0 Å². The van der Waals surface area contributed by atoms with Gasteiger partial charge in [-0.1, -0.05) is 0 Å².